The monoisotopic (exact) mass is 262 g/mol. The first-order valence-corrected chi connectivity index (χ1v) is 5.74. The Bertz CT molecular complexity index is 565. The third kappa shape index (κ3) is 2.88. The molecule has 0 saturated heterocycles. The molecular weight excluding hydrogens is 251 g/mol. The van der Waals surface area contributed by atoms with Gasteiger partial charge in [-0.1, -0.05) is 0 Å². The molecule has 0 spiro atoms. The molecule has 98 valence electrons. The molecule has 1 N–H and O–H groups in total. The number of ketones is 1. The Morgan fingerprint density at radius 1 is 1.58 bits per heavy atom. The highest BCUT2D eigenvalue weighted by atomic mass is 19.1. The highest BCUT2D eigenvalue weighted by Gasteiger charge is 2.28. The van der Waals surface area contributed by atoms with E-state index in [0.29, 0.717) is 5.75 Å². The van der Waals surface area contributed by atoms with Crippen LogP contribution < -0.4 is 10.1 Å². The number of hydrogen-bond donors (Lipinski definition) is 1. The topological polar surface area (TPSA) is 79.2 Å². The highest BCUT2D eigenvalue weighted by molar-refractivity contribution is 6.04. The molecule has 0 aromatic heterocycles. The van der Waals surface area contributed by atoms with Gasteiger partial charge in [-0.2, -0.15) is 5.26 Å². The second kappa shape index (κ2) is 5.48. The Labute approximate surface area is 109 Å². The lowest BCUT2D eigenvalue weighted by Crippen LogP contribution is -2.40. The summed E-state index contributed by atoms with van der Waals surface area (Å²) in [6.07, 6.45) is -0.0348. The number of hydrogen-bond acceptors (Lipinski definition) is 4. The van der Waals surface area contributed by atoms with Crippen molar-refractivity contribution in [2.75, 3.05) is 6.61 Å². The largest absolute Gasteiger partial charge is 0.493 e. The Balaban J connectivity index is 2.23. The quantitative estimate of drug-likeness (QED) is 0.868. The van der Waals surface area contributed by atoms with Crippen LogP contribution in [0.15, 0.2) is 18.2 Å². The first-order chi connectivity index (χ1) is 9.11. The summed E-state index contributed by atoms with van der Waals surface area (Å²) in [5, 5.41) is 10.9. The van der Waals surface area contributed by atoms with Gasteiger partial charge >= 0.3 is 0 Å². The van der Waals surface area contributed by atoms with Gasteiger partial charge in [0.2, 0.25) is 5.91 Å². The van der Waals surface area contributed by atoms with Crippen LogP contribution in [0.2, 0.25) is 0 Å². The molecule has 1 amide bonds. The molecule has 5 nitrogen and oxygen atoms in total. The number of nitriles is 1. The molecule has 2 rings (SSSR count). The SMILES string of the molecule is N#CCC(=O)NC1CCOc2ccc(F)cc2C1=O. The zero-order valence-electron chi connectivity index (χ0n) is 9.98. The predicted molar refractivity (Wildman–Crippen MR) is 63.0 cm³/mol. The lowest BCUT2D eigenvalue weighted by molar-refractivity contribution is -0.120. The van der Waals surface area contributed by atoms with Gasteiger partial charge in [0, 0.05) is 6.42 Å². The molecule has 1 unspecified atom stereocenters. The van der Waals surface area contributed by atoms with Crippen molar-refractivity contribution in [2.45, 2.75) is 18.9 Å². The normalized spacial score (nSPS) is 17.7. The molecule has 0 saturated carbocycles. The third-order valence-corrected chi connectivity index (χ3v) is 2.76. The molecule has 1 atom stereocenters. The van der Waals surface area contributed by atoms with Gasteiger partial charge in [-0.15, -0.1) is 0 Å². The van der Waals surface area contributed by atoms with Gasteiger partial charge in [-0.3, -0.25) is 9.59 Å². The first kappa shape index (κ1) is 13.0. The molecule has 0 aliphatic carbocycles. The summed E-state index contributed by atoms with van der Waals surface area (Å²) in [5.74, 6) is -1.16. The van der Waals surface area contributed by atoms with E-state index in [9.17, 15) is 14.0 Å². The van der Waals surface area contributed by atoms with E-state index in [1.165, 1.54) is 12.1 Å². The Hall–Kier alpha value is -2.42. The maximum absolute atomic E-state index is 13.2. The van der Waals surface area contributed by atoms with Gasteiger partial charge in [0.15, 0.2) is 5.78 Å². The first-order valence-electron chi connectivity index (χ1n) is 5.74. The van der Waals surface area contributed by atoms with Crippen LogP contribution >= 0.6 is 0 Å². The number of fused-ring (bicyclic) bond motifs is 1. The van der Waals surface area contributed by atoms with Crippen molar-refractivity contribution >= 4 is 11.7 Å². The molecule has 0 bridgehead atoms. The van der Waals surface area contributed by atoms with Crippen LogP contribution in [0.25, 0.3) is 0 Å². The van der Waals surface area contributed by atoms with Crippen LogP contribution in [0, 0.1) is 17.1 Å². The summed E-state index contributed by atoms with van der Waals surface area (Å²) < 4.78 is 18.5. The van der Waals surface area contributed by atoms with Gasteiger partial charge in [0.25, 0.3) is 0 Å². The number of halogens is 1. The number of ether oxygens (including phenoxy) is 1. The highest BCUT2D eigenvalue weighted by Crippen LogP contribution is 2.25. The fourth-order valence-electron chi connectivity index (χ4n) is 1.88. The van der Waals surface area contributed by atoms with Crippen molar-refractivity contribution in [1.29, 1.82) is 5.26 Å². The summed E-state index contributed by atoms with van der Waals surface area (Å²) in [4.78, 5) is 23.5. The maximum Gasteiger partial charge on any atom is 0.234 e. The van der Waals surface area contributed by atoms with Crippen molar-refractivity contribution in [1.82, 2.24) is 5.32 Å². The van der Waals surface area contributed by atoms with E-state index < -0.39 is 23.5 Å². The number of carbonyl (C=O) groups excluding carboxylic acids is 2. The van der Waals surface area contributed by atoms with Crippen LogP contribution in [0.4, 0.5) is 4.39 Å². The van der Waals surface area contributed by atoms with Crippen LogP contribution in [0.3, 0.4) is 0 Å². The smallest absolute Gasteiger partial charge is 0.234 e. The van der Waals surface area contributed by atoms with E-state index >= 15 is 0 Å². The number of Topliss-reactive ketones (excluding diaryl/α,β-unsaturated/α-hetero) is 1. The third-order valence-electron chi connectivity index (χ3n) is 2.76. The van der Waals surface area contributed by atoms with Crippen LogP contribution in [0.1, 0.15) is 23.2 Å². The summed E-state index contributed by atoms with van der Waals surface area (Å²) >= 11 is 0. The van der Waals surface area contributed by atoms with Crippen LogP contribution in [-0.4, -0.2) is 24.3 Å². The van der Waals surface area contributed by atoms with Gasteiger partial charge in [0.05, 0.1) is 24.3 Å². The summed E-state index contributed by atoms with van der Waals surface area (Å²) in [6.45, 7) is 0.238. The number of benzene rings is 1. The number of amides is 1. The number of nitrogens with zero attached hydrogens (tertiary/aromatic N) is 1. The fourth-order valence-corrected chi connectivity index (χ4v) is 1.88. The van der Waals surface area contributed by atoms with Crippen molar-refractivity contribution in [2.24, 2.45) is 0 Å². The molecule has 1 heterocycles. The standard InChI is InChI=1S/C13H11FN2O3/c14-8-1-2-11-9(7-8)13(18)10(4-6-19-11)16-12(17)3-5-15/h1-2,7,10H,3-4,6H2,(H,16,17). The second-order valence-corrected chi connectivity index (χ2v) is 4.10. The minimum atomic E-state index is -0.788. The minimum absolute atomic E-state index is 0.111. The van der Waals surface area contributed by atoms with E-state index in [1.807, 2.05) is 0 Å². The molecule has 1 aromatic carbocycles. The fraction of sp³-hybridized carbons (Fsp3) is 0.308. The molecule has 1 aliphatic rings. The van der Waals surface area contributed by atoms with Crippen molar-refractivity contribution < 1.29 is 18.7 Å². The molecular formula is C13H11FN2O3. The zero-order chi connectivity index (χ0) is 13.8. The van der Waals surface area contributed by atoms with Gasteiger partial charge < -0.3 is 10.1 Å². The van der Waals surface area contributed by atoms with Crippen LogP contribution in [-0.2, 0) is 4.79 Å². The van der Waals surface area contributed by atoms with E-state index in [1.54, 1.807) is 6.07 Å². The Morgan fingerprint density at radius 2 is 2.37 bits per heavy atom. The Morgan fingerprint density at radius 3 is 3.11 bits per heavy atom. The predicted octanol–water partition coefficient (Wildman–Crippen LogP) is 1.19. The lowest BCUT2D eigenvalue weighted by atomic mass is 10.0. The lowest BCUT2D eigenvalue weighted by Gasteiger charge is -2.13. The van der Waals surface area contributed by atoms with E-state index in [2.05, 4.69) is 5.32 Å². The average Bonchev–Trinajstić information content (AvgIpc) is 2.51. The van der Waals surface area contributed by atoms with E-state index in [0.717, 1.165) is 6.07 Å². The minimum Gasteiger partial charge on any atom is -0.493 e. The van der Waals surface area contributed by atoms with Gasteiger partial charge in [-0.05, 0) is 18.2 Å². The summed E-state index contributed by atoms with van der Waals surface area (Å²) in [7, 11) is 0. The van der Waals surface area contributed by atoms with Crippen molar-refractivity contribution in [3.8, 4) is 11.8 Å². The number of carbonyl (C=O) groups is 2. The number of nitrogens with one attached hydrogen (secondary N) is 1. The average molecular weight is 262 g/mol. The summed E-state index contributed by atoms with van der Waals surface area (Å²) in [5.41, 5.74) is 0.111. The van der Waals surface area contributed by atoms with Gasteiger partial charge in [0.1, 0.15) is 18.0 Å². The second-order valence-electron chi connectivity index (χ2n) is 4.10. The molecule has 19 heavy (non-hydrogen) atoms. The number of rotatable bonds is 2. The molecule has 1 aliphatic heterocycles. The molecule has 0 radical (unpaired) electrons. The zero-order valence-corrected chi connectivity index (χ0v) is 9.98. The van der Waals surface area contributed by atoms with E-state index in [4.69, 9.17) is 10.00 Å². The Kier molecular flexibility index (Phi) is 3.76. The van der Waals surface area contributed by atoms with Crippen LogP contribution in [0.5, 0.6) is 5.75 Å². The van der Waals surface area contributed by atoms with Crippen molar-refractivity contribution in [3.63, 3.8) is 0 Å². The summed E-state index contributed by atoms with van der Waals surface area (Å²) in [6, 6.07) is 4.60. The van der Waals surface area contributed by atoms with E-state index in [-0.39, 0.29) is 25.0 Å². The van der Waals surface area contributed by atoms with Gasteiger partial charge in [-0.25, -0.2) is 4.39 Å². The molecule has 1 aromatic rings. The molecule has 0 fully saturated rings. The maximum atomic E-state index is 13.2. The molecule has 6 heteroatoms. The van der Waals surface area contributed by atoms with Crippen molar-refractivity contribution in [3.05, 3.63) is 29.6 Å².